The van der Waals surface area contributed by atoms with Gasteiger partial charge in [-0.15, -0.1) is 0 Å². The summed E-state index contributed by atoms with van der Waals surface area (Å²) in [6, 6.07) is 0. The Bertz CT molecular complexity index is 113. The van der Waals surface area contributed by atoms with Crippen LogP contribution in [0.25, 0.3) is 0 Å². The highest BCUT2D eigenvalue weighted by Gasteiger charge is 2.20. The van der Waals surface area contributed by atoms with Gasteiger partial charge in [-0.1, -0.05) is 45.4 Å². The third kappa shape index (κ3) is 8.23. The minimum atomic E-state index is -1.36. The Hall–Kier alpha value is -0.110. The molecule has 0 spiro atoms. The maximum Gasteiger partial charge on any atom is 0.131 e. The fraction of sp³-hybridized carbons (Fsp3) is 1.00. The number of aliphatic hydroxyl groups excluding tert-OH is 1. The van der Waals surface area contributed by atoms with Gasteiger partial charge in [0.05, 0.1) is 6.61 Å². The van der Waals surface area contributed by atoms with Gasteiger partial charge in [-0.3, -0.25) is 0 Å². The Morgan fingerprint density at radius 3 is 2.15 bits per heavy atom. The van der Waals surface area contributed by atoms with Crippen LogP contribution in [0, 0.1) is 0 Å². The molecule has 0 aromatic heterocycles. The quantitative estimate of drug-likeness (QED) is 0.581. The monoisotopic (exact) mass is 190 g/mol. The highest BCUT2D eigenvalue weighted by atomic mass is 19.1. The largest absolute Gasteiger partial charge is 0.393 e. The molecular formula is C11H23FO. The van der Waals surface area contributed by atoms with Crippen LogP contribution in [-0.2, 0) is 0 Å². The first-order valence-electron chi connectivity index (χ1n) is 5.42. The van der Waals surface area contributed by atoms with Gasteiger partial charge in [0.25, 0.3) is 0 Å². The lowest BCUT2D eigenvalue weighted by molar-refractivity contribution is 0.0772. The summed E-state index contributed by atoms with van der Waals surface area (Å²) in [5.41, 5.74) is -1.36. The smallest absolute Gasteiger partial charge is 0.131 e. The van der Waals surface area contributed by atoms with E-state index in [1.807, 2.05) is 0 Å². The number of hydrogen-bond acceptors (Lipinski definition) is 1. The first-order valence-corrected chi connectivity index (χ1v) is 5.42. The third-order valence-corrected chi connectivity index (χ3v) is 2.38. The maximum atomic E-state index is 13.1. The van der Waals surface area contributed by atoms with E-state index in [1.165, 1.54) is 32.6 Å². The van der Waals surface area contributed by atoms with E-state index in [-0.39, 0.29) is 6.61 Å². The Kier molecular flexibility index (Phi) is 7.25. The molecule has 13 heavy (non-hydrogen) atoms. The van der Waals surface area contributed by atoms with Gasteiger partial charge in [0.1, 0.15) is 5.67 Å². The van der Waals surface area contributed by atoms with E-state index in [0.717, 1.165) is 12.8 Å². The van der Waals surface area contributed by atoms with Crippen molar-refractivity contribution in [3.63, 3.8) is 0 Å². The fourth-order valence-corrected chi connectivity index (χ4v) is 1.35. The normalized spacial score (nSPS) is 15.7. The van der Waals surface area contributed by atoms with Gasteiger partial charge >= 0.3 is 0 Å². The molecule has 0 saturated heterocycles. The van der Waals surface area contributed by atoms with E-state index < -0.39 is 5.67 Å². The summed E-state index contributed by atoms with van der Waals surface area (Å²) in [5, 5.41) is 8.66. The van der Waals surface area contributed by atoms with Gasteiger partial charge in [-0.2, -0.15) is 0 Å². The van der Waals surface area contributed by atoms with Crippen molar-refractivity contribution in [3.8, 4) is 0 Å². The van der Waals surface area contributed by atoms with Crippen LogP contribution >= 0.6 is 0 Å². The molecule has 0 heterocycles. The Morgan fingerprint density at radius 1 is 1.08 bits per heavy atom. The summed E-state index contributed by atoms with van der Waals surface area (Å²) in [5.74, 6) is 0. The number of halogens is 1. The van der Waals surface area contributed by atoms with Crippen LogP contribution in [0.5, 0.6) is 0 Å². The molecule has 0 fully saturated rings. The molecule has 0 amide bonds. The Morgan fingerprint density at radius 2 is 1.62 bits per heavy atom. The summed E-state index contributed by atoms with van der Waals surface area (Å²) in [4.78, 5) is 0. The van der Waals surface area contributed by atoms with Crippen LogP contribution in [0.2, 0.25) is 0 Å². The van der Waals surface area contributed by atoms with E-state index in [2.05, 4.69) is 6.92 Å². The van der Waals surface area contributed by atoms with Crippen LogP contribution in [0.3, 0.4) is 0 Å². The topological polar surface area (TPSA) is 20.2 Å². The Balaban J connectivity index is 3.16. The van der Waals surface area contributed by atoms with Crippen molar-refractivity contribution >= 4 is 0 Å². The second kappa shape index (κ2) is 7.31. The van der Waals surface area contributed by atoms with E-state index in [4.69, 9.17) is 5.11 Å². The minimum Gasteiger partial charge on any atom is -0.393 e. The molecule has 1 N–H and O–H groups in total. The highest BCUT2D eigenvalue weighted by molar-refractivity contribution is 4.70. The van der Waals surface area contributed by atoms with E-state index in [1.54, 1.807) is 0 Å². The predicted octanol–water partition coefficient (Wildman–Crippen LogP) is 3.46. The molecular weight excluding hydrogens is 167 g/mol. The van der Waals surface area contributed by atoms with Crippen LogP contribution in [0.1, 0.15) is 58.8 Å². The van der Waals surface area contributed by atoms with Crippen molar-refractivity contribution in [2.24, 2.45) is 0 Å². The van der Waals surface area contributed by atoms with Crippen LogP contribution in [0.15, 0.2) is 0 Å². The number of hydrogen-bond donors (Lipinski definition) is 1. The zero-order valence-corrected chi connectivity index (χ0v) is 8.98. The molecule has 2 heteroatoms. The Labute approximate surface area is 81.3 Å². The van der Waals surface area contributed by atoms with Crippen molar-refractivity contribution < 1.29 is 9.50 Å². The SMILES string of the molecule is CCCCCCCCC(C)(F)CO. The molecule has 80 valence electrons. The molecule has 0 aromatic rings. The number of alkyl halides is 1. The van der Waals surface area contributed by atoms with Gasteiger partial charge in [0, 0.05) is 0 Å². The summed E-state index contributed by atoms with van der Waals surface area (Å²) in [7, 11) is 0. The summed E-state index contributed by atoms with van der Waals surface area (Å²) in [6.07, 6.45) is 7.49. The third-order valence-electron chi connectivity index (χ3n) is 2.38. The standard InChI is InChI=1S/C11H23FO/c1-3-4-5-6-7-8-9-11(2,12)10-13/h13H,3-10H2,1-2H3. The number of unbranched alkanes of at least 4 members (excludes halogenated alkanes) is 5. The van der Waals surface area contributed by atoms with E-state index >= 15 is 0 Å². The second-order valence-corrected chi connectivity index (χ2v) is 4.09. The van der Waals surface area contributed by atoms with Gasteiger partial charge in [-0.25, -0.2) is 4.39 Å². The van der Waals surface area contributed by atoms with Crippen molar-refractivity contribution in [1.29, 1.82) is 0 Å². The van der Waals surface area contributed by atoms with Crippen molar-refractivity contribution in [3.05, 3.63) is 0 Å². The van der Waals surface area contributed by atoms with Crippen LogP contribution in [-0.4, -0.2) is 17.4 Å². The minimum absolute atomic E-state index is 0.345. The average Bonchev–Trinajstić information content (AvgIpc) is 2.11. The first-order chi connectivity index (χ1) is 6.12. The number of rotatable bonds is 8. The molecule has 0 bridgehead atoms. The summed E-state index contributed by atoms with van der Waals surface area (Å²) < 4.78 is 13.1. The molecule has 1 nitrogen and oxygen atoms in total. The molecule has 0 radical (unpaired) electrons. The van der Waals surface area contributed by atoms with E-state index in [0.29, 0.717) is 6.42 Å². The zero-order chi connectivity index (χ0) is 10.2. The van der Waals surface area contributed by atoms with Crippen molar-refractivity contribution in [2.75, 3.05) is 6.61 Å². The molecule has 1 atom stereocenters. The molecule has 0 aromatic carbocycles. The predicted molar refractivity (Wildman–Crippen MR) is 54.6 cm³/mol. The lowest BCUT2D eigenvalue weighted by Crippen LogP contribution is -2.22. The van der Waals surface area contributed by atoms with Gasteiger partial charge in [-0.05, 0) is 13.3 Å². The fourth-order valence-electron chi connectivity index (χ4n) is 1.35. The van der Waals surface area contributed by atoms with Gasteiger partial charge in [0.15, 0.2) is 0 Å². The zero-order valence-electron chi connectivity index (χ0n) is 8.98. The summed E-state index contributed by atoms with van der Waals surface area (Å²) >= 11 is 0. The van der Waals surface area contributed by atoms with Gasteiger partial charge in [0.2, 0.25) is 0 Å². The number of aliphatic hydroxyl groups is 1. The van der Waals surface area contributed by atoms with E-state index in [9.17, 15) is 4.39 Å². The summed E-state index contributed by atoms with van der Waals surface area (Å²) in [6.45, 7) is 3.31. The molecule has 0 rings (SSSR count). The molecule has 1 unspecified atom stereocenters. The van der Waals surface area contributed by atoms with Crippen LogP contribution < -0.4 is 0 Å². The average molecular weight is 190 g/mol. The van der Waals surface area contributed by atoms with Crippen LogP contribution in [0.4, 0.5) is 4.39 Å². The highest BCUT2D eigenvalue weighted by Crippen LogP contribution is 2.19. The lowest BCUT2D eigenvalue weighted by atomic mass is 10.0. The lowest BCUT2D eigenvalue weighted by Gasteiger charge is -2.16. The van der Waals surface area contributed by atoms with Gasteiger partial charge < -0.3 is 5.11 Å². The maximum absolute atomic E-state index is 13.1. The van der Waals surface area contributed by atoms with Crippen molar-refractivity contribution in [2.45, 2.75) is 64.5 Å². The molecule has 0 saturated carbocycles. The first kappa shape index (κ1) is 12.9. The van der Waals surface area contributed by atoms with Crippen molar-refractivity contribution in [1.82, 2.24) is 0 Å². The molecule has 0 aliphatic rings. The molecule has 0 aliphatic carbocycles. The molecule has 0 aliphatic heterocycles. The second-order valence-electron chi connectivity index (χ2n) is 4.09.